The zero-order valence-corrected chi connectivity index (χ0v) is 13.7. The summed E-state index contributed by atoms with van der Waals surface area (Å²) >= 11 is 1.12. The van der Waals surface area contributed by atoms with Crippen molar-refractivity contribution in [2.24, 2.45) is 0 Å². The Bertz CT molecular complexity index is 999. The van der Waals surface area contributed by atoms with Crippen molar-refractivity contribution in [2.45, 2.75) is 5.16 Å². The van der Waals surface area contributed by atoms with Crippen LogP contribution in [0.1, 0.15) is 0 Å². The lowest BCUT2D eigenvalue weighted by atomic mass is 10.2. The largest absolute Gasteiger partial charge is 0.486 e. The van der Waals surface area contributed by atoms with E-state index >= 15 is 0 Å². The van der Waals surface area contributed by atoms with Crippen LogP contribution in [0.25, 0.3) is 11.2 Å². The number of nitrogens with zero attached hydrogens (tertiary/aromatic N) is 2. The van der Waals surface area contributed by atoms with Crippen LogP contribution >= 0.6 is 11.8 Å². The Morgan fingerprint density at radius 2 is 2.12 bits per heavy atom. The highest BCUT2D eigenvalue weighted by Crippen LogP contribution is 2.32. The van der Waals surface area contributed by atoms with Crippen LogP contribution in [0.5, 0.6) is 11.5 Å². The molecule has 1 aromatic carbocycles. The fourth-order valence-electron chi connectivity index (χ4n) is 2.34. The number of anilines is 1. The lowest BCUT2D eigenvalue weighted by Gasteiger charge is -2.18. The van der Waals surface area contributed by atoms with Gasteiger partial charge in [-0.25, -0.2) is 9.97 Å². The lowest BCUT2D eigenvalue weighted by Crippen LogP contribution is -2.17. The fraction of sp³-hybridized carbons (Fsp3) is 0.200. The second-order valence-electron chi connectivity index (χ2n) is 5.17. The van der Waals surface area contributed by atoms with E-state index in [0.29, 0.717) is 46.7 Å². The molecule has 0 unspecified atom stereocenters. The highest BCUT2D eigenvalue weighted by molar-refractivity contribution is 7.99. The minimum absolute atomic E-state index is 0.0906. The van der Waals surface area contributed by atoms with Gasteiger partial charge in [0.2, 0.25) is 5.91 Å². The summed E-state index contributed by atoms with van der Waals surface area (Å²) in [4.78, 5) is 37.4. The van der Waals surface area contributed by atoms with Crippen LogP contribution in [0.3, 0.4) is 0 Å². The quantitative estimate of drug-likeness (QED) is 0.472. The van der Waals surface area contributed by atoms with Gasteiger partial charge in [0.25, 0.3) is 5.56 Å². The second-order valence-corrected chi connectivity index (χ2v) is 6.13. The average molecular weight is 359 g/mol. The number of ether oxygens (including phenoxy) is 2. The van der Waals surface area contributed by atoms with Crippen molar-refractivity contribution < 1.29 is 14.3 Å². The normalized spacial score (nSPS) is 13.0. The van der Waals surface area contributed by atoms with E-state index in [1.807, 2.05) is 0 Å². The number of imidazole rings is 1. The van der Waals surface area contributed by atoms with Crippen LogP contribution in [0.4, 0.5) is 5.69 Å². The van der Waals surface area contributed by atoms with Crippen molar-refractivity contribution in [3.8, 4) is 11.5 Å². The number of aromatic amines is 2. The molecule has 10 heteroatoms. The van der Waals surface area contributed by atoms with E-state index in [9.17, 15) is 9.59 Å². The van der Waals surface area contributed by atoms with Gasteiger partial charge in [-0.2, -0.15) is 0 Å². The van der Waals surface area contributed by atoms with Gasteiger partial charge in [0.1, 0.15) is 13.2 Å². The van der Waals surface area contributed by atoms with Crippen LogP contribution in [-0.2, 0) is 4.79 Å². The third-order valence-electron chi connectivity index (χ3n) is 3.44. The molecule has 0 aliphatic carbocycles. The first-order valence-corrected chi connectivity index (χ1v) is 8.43. The zero-order valence-electron chi connectivity index (χ0n) is 12.9. The number of carbonyl (C=O) groups is 1. The van der Waals surface area contributed by atoms with Crippen molar-refractivity contribution in [2.75, 3.05) is 24.3 Å². The smallest absolute Gasteiger partial charge is 0.277 e. The van der Waals surface area contributed by atoms with Crippen molar-refractivity contribution >= 4 is 34.5 Å². The number of rotatable bonds is 4. The number of H-pyrrole nitrogens is 2. The lowest BCUT2D eigenvalue weighted by molar-refractivity contribution is -0.113. The average Bonchev–Trinajstić information content (AvgIpc) is 3.09. The molecular weight excluding hydrogens is 346 g/mol. The monoisotopic (exact) mass is 359 g/mol. The van der Waals surface area contributed by atoms with Crippen LogP contribution < -0.4 is 20.3 Å². The summed E-state index contributed by atoms with van der Waals surface area (Å²) in [5.41, 5.74) is 0.917. The molecule has 1 aliphatic heterocycles. The highest BCUT2D eigenvalue weighted by atomic mass is 32.2. The zero-order chi connectivity index (χ0) is 17.2. The van der Waals surface area contributed by atoms with Gasteiger partial charge in [-0.15, -0.1) is 0 Å². The molecule has 3 heterocycles. The predicted octanol–water partition coefficient (Wildman–Crippen LogP) is 1.15. The summed E-state index contributed by atoms with van der Waals surface area (Å²) in [6.45, 7) is 0.996. The summed E-state index contributed by atoms with van der Waals surface area (Å²) < 4.78 is 10.9. The summed E-state index contributed by atoms with van der Waals surface area (Å²) in [6, 6.07) is 5.21. The van der Waals surface area contributed by atoms with E-state index in [2.05, 4.69) is 25.3 Å². The number of nitrogens with one attached hydrogen (secondary N) is 3. The number of fused-ring (bicyclic) bond motifs is 2. The molecule has 128 valence electrons. The van der Waals surface area contributed by atoms with E-state index < -0.39 is 0 Å². The van der Waals surface area contributed by atoms with Gasteiger partial charge in [0, 0.05) is 11.8 Å². The third-order valence-corrected chi connectivity index (χ3v) is 4.31. The number of hydrogen-bond donors (Lipinski definition) is 3. The molecule has 0 bridgehead atoms. The molecule has 0 saturated heterocycles. The maximum absolute atomic E-state index is 12.1. The number of amides is 1. The number of carbonyl (C=O) groups excluding carboxylic acids is 1. The van der Waals surface area contributed by atoms with Gasteiger partial charge in [-0.3, -0.25) is 14.6 Å². The van der Waals surface area contributed by atoms with E-state index in [1.165, 1.54) is 6.33 Å². The maximum Gasteiger partial charge on any atom is 0.277 e. The van der Waals surface area contributed by atoms with E-state index in [4.69, 9.17) is 9.47 Å². The van der Waals surface area contributed by atoms with Crippen molar-refractivity contribution in [3.63, 3.8) is 0 Å². The number of aromatic nitrogens is 4. The fourth-order valence-corrected chi connectivity index (χ4v) is 3.00. The summed E-state index contributed by atoms with van der Waals surface area (Å²) in [7, 11) is 0. The summed E-state index contributed by atoms with van der Waals surface area (Å²) in [5, 5.41) is 3.11. The Labute approximate surface area is 145 Å². The van der Waals surface area contributed by atoms with E-state index in [0.717, 1.165) is 11.8 Å². The number of hydrogen-bond acceptors (Lipinski definition) is 7. The van der Waals surface area contributed by atoms with Crippen LogP contribution in [0.2, 0.25) is 0 Å². The molecule has 3 N–H and O–H groups in total. The van der Waals surface area contributed by atoms with Crippen LogP contribution in [0.15, 0.2) is 34.5 Å². The molecule has 0 atom stereocenters. The van der Waals surface area contributed by atoms with Crippen LogP contribution in [0, 0.1) is 0 Å². The molecule has 25 heavy (non-hydrogen) atoms. The minimum atomic E-state index is -0.322. The first-order chi connectivity index (χ1) is 12.2. The molecule has 1 aliphatic rings. The molecule has 0 radical (unpaired) electrons. The second kappa shape index (κ2) is 6.48. The third kappa shape index (κ3) is 3.29. The van der Waals surface area contributed by atoms with Crippen molar-refractivity contribution in [3.05, 3.63) is 34.9 Å². The molecule has 3 aromatic rings. The van der Waals surface area contributed by atoms with Gasteiger partial charge in [0.15, 0.2) is 27.8 Å². The minimum Gasteiger partial charge on any atom is -0.486 e. The summed E-state index contributed by atoms with van der Waals surface area (Å²) in [5.74, 6) is 1.12. The molecule has 0 spiro atoms. The molecule has 9 nitrogen and oxygen atoms in total. The molecule has 2 aromatic heterocycles. The van der Waals surface area contributed by atoms with E-state index in [1.54, 1.807) is 18.2 Å². The van der Waals surface area contributed by atoms with E-state index in [-0.39, 0.29) is 17.2 Å². The standard InChI is InChI=1S/C15H13N5O4S/c21-11(18-8-1-2-9-10(5-8)24-4-3-23-9)6-25-15-19-13-12(14(22)20-15)16-7-17-13/h1-2,5,7H,3-4,6H2,(H,18,21)(H2,16,17,19,20,22). The molecule has 1 amide bonds. The van der Waals surface area contributed by atoms with Crippen LogP contribution in [-0.4, -0.2) is 44.8 Å². The first-order valence-electron chi connectivity index (χ1n) is 7.45. The van der Waals surface area contributed by atoms with Gasteiger partial charge < -0.3 is 19.8 Å². The predicted molar refractivity (Wildman–Crippen MR) is 91.3 cm³/mol. The Balaban J connectivity index is 1.41. The van der Waals surface area contributed by atoms with Gasteiger partial charge in [0.05, 0.1) is 12.1 Å². The number of thioether (sulfide) groups is 1. The Morgan fingerprint density at radius 1 is 1.28 bits per heavy atom. The summed E-state index contributed by atoms with van der Waals surface area (Å²) in [6.07, 6.45) is 1.40. The van der Waals surface area contributed by atoms with Crippen molar-refractivity contribution in [1.29, 1.82) is 0 Å². The maximum atomic E-state index is 12.1. The van der Waals surface area contributed by atoms with Gasteiger partial charge >= 0.3 is 0 Å². The molecule has 0 saturated carbocycles. The van der Waals surface area contributed by atoms with Gasteiger partial charge in [-0.1, -0.05) is 11.8 Å². The highest BCUT2D eigenvalue weighted by Gasteiger charge is 2.13. The van der Waals surface area contributed by atoms with Gasteiger partial charge in [-0.05, 0) is 12.1 Å². The Morgan fingerprint density at radius 3 is 3.00 bits per heavy atom. The molecular formula is C15H13N5O4S. The number of benzene rings is 1. The SMILES string of the molecule is O=C(CSc1nc2nc[nH]c2c(=O)[nH]1)Nc1ccc2c(c1)OCCO2. The Hall–Kier alpha value is -3.01. The molecule has 4 rings (SSSR count). The topological polar surface area (TPSA) is 122 Å². The first kappa shape index (κ1) is 15.5. The molecule has 0 fully saturated rings. The Kier molecular flexibility index (Phi) is 4.02. The van der Waals surface area contributed by atoms with Crippen molar-refractivity contribution in [1.82, 2.24) is 19.9 Å².